The lowest BCUT2D eigenvalue weighted by molar-refractivity contribution is -0.184. The van der Waals surface area contributed by atoms with E-state index >= 15 is 0 Å². The SMILES string of the molecule is O=C(NCc1ccc(N2CCC(c3cc(Cl)cc(Cl)c3)(C(F)(F)F)C2)cc1C(F)(F)F)c1ccc(Cl)nc1. The third-order valence-electron chi connectivity index (χ3n) is 6.42. The largest absolute Gasteiger partial charge is 0.416 e. The summed E-state index contributed by atoms with van der Waals surface area (Å²) < 4.78 is 85.0. The van der Waals surface area contributed by atoms with Crippen molar-refractivity contribution in [3.8, 4) is 0 Å². The van der Waals surface area contributed by atoms with Gasteiger partial charge in [0.05, 0.1) is 11.1 Å². The molecule has 0 aliphatic carbocycles. The maximum absolute atomic E-state index is 14.4. The molecule has 4 nitrogen and oxygen atoms in total. The number of hydrogen-bond donors (Lipinski definition) is 1. The second-order valence-corrected chi connectivity index (χ2v) is 10.1. The van der Waals surface area contributed by atoms with E-state index in [9.17, 15) is 31.1 Å². The van der Waals surface area contributed by atoms with Gasteiger partial charge in [-0.2, -0.15) is 26.3 Å². The molecule has 1 atom stereocenters. The zero-order valence-electron chi connectivity index (χ0n) is 19.2. The highest BCUT2D eigenvalue weighted by molar-refractivity contribution is 6.34. The van der Waals surface area contributed by atoms with Gasteiger partial charge in [-0.1, -0.05) is 40.9 Å². The number of nitrogens with one attached hydrogen (secondary N) is 1. The first-order valence-corrected chi connectivity index (χ1v) is 12.2. The fourth-order valence-electron chi connectivity index (χ4n) is 4.46. The molecule has 13 heteroatoms. The van der Waals surface area contributed by atoms with E-state index in [1.807, 2.05) is 0 Å². The molecule has 2 heterocycles. The van der Waals surface area contributed by atoms with Crippen molar-refractivity contribution in [1.82, 2.24) is 10.3 Å². The van der Waals surface area contributed by atoms with Gasteiger partial charge >= 0.3 is 12.4 Å². The summed E-state index contributed by atoms with van der Waals surface area (Å²) in [6.07, 6.45) is -8.76. The lowest BCUT2D eigenvalue weighted by atomic mass is 9.79. The van der Waals surface area contributed by atoms with Crippen LogP contribution in [0.5, 0.6) is 0 Å². The predicted molar refractivity (Wildman–Crippen MR) is 133 cm³/mol. The highest BCUT2D eigenvalue weighted by Crippen LogP contribution is 2.50. The summed E-state index contributed by atoms with van der Waals surface area (Å²) in [6, 6.07) is 9.62. The van der Waals surface area contributed by atoms with Crippen LogP contribution < -0.4 is 10.2 Å². The van der Waals surface area contributed by atoms with E-state index in [-0.39, 0.29) is 44.1 Å². The molecular formula is C25H18Cl3F6N3O. The summed E-state index contributed by atoms with van der Waals surface area (Å²) in [6.45, 7) is -1.24. The van der Waals surface area contributed by atoms with Crippen LogP contribution in [0.25, 0.3) is 0 Å². The summed E-state index contributed by atoms with van der Waals surface area (Å²) in [5.41, 5.74) is -3.79. The molecule has 0 spiro atoms. The van der Waals surface area contributed by atoms with Crippen molar-refractivity contribution in [2.24, 2.45) is 0 Å². The van der Waals surface area contributed by atoms with Gasteiger partial charge in [-0.15, -0.1) is 0 Å². The number of anilines is 1. The lowest BCUT2D eigenvalue weighted by Gasteiger charge is -2.33. The Balaban J connectivity index is 1.61. The summed E-state index contributed by atoms with van der Waals surface area (Å²) >= 11 is 17.6. The number of carbonyl (C=O) groups excluding carboxylic acids is 1. The second kappa shape index (κ2) is 10.5. The van der Waals surface area contributed by atoms with Gasteiger partial charge in [0, 0.05) is 41.6 Å². The molecule has 0 saturated carbocycles. The van der Waals surface area contributed by atoms with E-state index < -0.39 is 48.7 Å². The molecule has 202 valence electrons. The van der Waals surface area contributed by atoms with Gasteiger partial charge in [0.1, 0.15) is 10.6 Å². The van der Waals surface area contributed by atoms with E-state index in [0.717, 1.165) is 12.1 Å². The number of alkyl halides is 6. The number of benzene rings is 2. The van der Waals surface area contributed by atoms with Crippen LogP contribution in [0.3, 0.4) is 0 Å². The monoisotopic (exact) mass is 595 g/mol. The molecule has 1 aromatic heterocycles. The molecule has 4 rings (SSSR count). The normalized spacial score (nSPS) is 18.1. The van der Waals surface area contributed by atoms with Crippen molar-refractivity contribution in [2.75, 3.05) is 18.0 Å². The summed E-state index contributed by atoms with van der Waals surface area (Å²) in [7, 11) is 0. The summed E-state index contributed by atoms with van der Waals surface area (Å²) in [5.74, 6) is -0.666. The number of amides is 1. The maximum atomic E-state index is 14.4. The van der Waals surface area contributed by atoms with Gasteiger partial charge in [-0.3, -0.25) is 4.79 Å². The molecule has 3 aromatic rings. The Hall–Kier alpha value is -2.69. The molecule has 2 aromatic carbocycles. The topological polar surface area (TPSA) is 45.2 Å². The molecule has 1 amide bonds. The number of halogens is 9. The Labute approximate surface area is 228 Å². The average molecular weight is 597 g/mol. The van der Waals surface area contributed by atoms with Gasteiger partial charge in [0.2, 0.25) is 0 Å². The van der Waals surface area contributed by atoms with Crippen molar-refractivity contribution in [1.29, 1.82) is 0 Å². The van der Waals surface area contributed by atoms with Gasteiger partial charge in [-0.05, 0) is 60.0 Å². The minimum Gasteiger partial charge on any atom is -0.370 e. The van der Waals surface area contributed by atoms with Gasteiger partial charge in [-0.25, -0.2) is 4.98 Å². The standard InChI is InChI=1S/C25H18Cl3F6N3O/c26-17-7-16(8-18(27)9-17)23(25(32,33)34)5-6-37(13-23)19-3-1-14(20(10-19)24(29,30)31)11-36-22(38)15-2-4-21(28)35-12-15/h1-4,7-10,12H,5-6,11,13H2,(H,36,38). The van der Waals surface area contributed by atoms with Gasteiger partial charge in [0.15, 0.2) is 0 Å². The number of nitrogens with zero attached hydrogens (tertiary/aromatic N) is 2. The highest BCUT2D eigenvalue weighted by atomic mass is 35.5. The van der Waals surface area contributed by atoms with Crippen LogP contribution in [0.2, 0.25) is 15.2 Å². The Bertz CT molecular complexity index is 1330. The van der Waals surface area contributed by atoms with Crippen LogP contribution in [0.4, 0.5) is 32.0 Å². The first kappa shape index (κ1) is 28.3. The maximum Gasteiger partial charge on any atom is 0.416 e. The zero-order chi connectivity index (χ0) is 27.9. The summed E-state index contributed by atoms with van der Waals surface area (Å²) in [4.78, 5) is 17.3. The third kappa shape index (κ3) is 5.82. The summed E-state index contributed by atoms with van der Waals surface area (Å²) in [5, 5.41) is 2.58. The zero-order valence-corrected chi connectivity index (χ0v) is 21.5. The first-order valence-electron chi connectivity index (χ1n) is 11.1. The van der Waals surface area contributed by atoms with Crippen LogP contribution >= 0.6 is 34.8 Å². The number of aromatic nitrogens is 1. The average Bonchev–Trinajstić information content (AvgIpc) is 3.29. The first-order chi connectivity index (χ1) is 17.7. The number of pyridine rings is 1. The molecule has 0 radical (unpaired) electrons. The van der Waals surface area contributed by atoms with Crippen molar-refractivity contribution in [2.45, 2.75) is 30.7 Å². The second-order valence-electron chi connectivity index (χ2n) is 8.80. The fourth-order valence-corrected chi connectivity index (χ4v) is 5.10. The Kier molecular flexibility index (Phi) is 7.80. The number of rotatable bonds is 5. The molecular weight excluding hydrogens is 579 g/mol. The minimum atomic E-state index is -4.82. The van der Waals surface area contributed by atoms with Crippen molar-refractivity contribution in [3.05, 3.63) is 92.2 Å². The molecule has 1 N–H and O–H groups in total. The van der Waals surface area contributed by atoms with Crippen molar-refractivity contribution >= 4 is 46.4 Å². The van der Waals surface area contributed by atoms with Gasteiger partial charge < -0.3 is 10.2 Å². The van der Waals surface area contributed by atoms with Crippen molar-refractivity contribution in [3.63, 3.8) is 0 Å². The Morgan fingerprint density at radius 3 is 2.24 bits per heavy atom. The van der Waals surface area contributed by atoms with E-state index in [2.05, 4.69) is 10.3 Å². The number of carbonyl (C=O) groups is 1. The van der Waals surface area contributed by atoms with Gasteiger partial charge in [0.25, 0.3) is 5.91 Å². The Morgan fingerprint density at radius 2 is 1.66 bits per heavy atom. The molecule has 38 heavy (non-hydrogen) atoms. The smallest absolute Gasteiger partial charge is 0.370 e. The van der Waals surface area contributed by atoms with E-state index in [1.165, 1.54) is 47.5 Å². The third-order valence-corrected chi connectivity index (χ3v) is 7.08. The minimum absolute atomic E-state index is 0.0229. The fraction of sp³-hybridized carbons (Fsp3) is 0.280. The molecule has 1 aliphatic rings. The molecule has 1 fully saturated rings. The van der Waals surface area contributed by atoms with Crippen LogP contribution in [-0.2, 0) is 18.1 Å². The molecule has 1 unspecified atom stereocenters. The molecule has 0 bridgehead atoms. The lowest BCUT2D eigenvalue weighted by Crippen LogP contribution is -2.45. The van der Waals surface area contributed by atoms with Crippen LogP contribution in [0.15, 0.2) is 54.7 Å². The molecule has 1 aliphatic heterocycles. The highest BCUT2D eigenvalue weighted by Gasteiger charge is 2.59. The predicted octanol–water partition coefficient (Wildman–Crippen LogP) is 7.70. The Morgan fingerprint density at radius 1 is 0.974 bits per heavy atom. The van der Waals surface area contributed by atoms with E-state index in [0.29, 0.717) is 0 Å². The molecule has 1 saturated heterocycles. The number of hydrogen-bond acceptors (Lipinski definition) is 3. The van der Waals surface area contributed by atoms with Crippen molar-refractivity contribution < 1.29 is 31.1 Å². The van der Waals surface area contributed by atoms with E-state index in [4.69, 9.17) is 34.8 Å². The van der Waals surface area contributed by atoms with Crippen LogP contribution in [-0.4, -0.2) is 30.2 Å². The van der Waals surface area contributed by atoms with Crippen LogP contribution in [0.1, 0.15) is 33.5 Å². The van der Waals surface area contributed by atoms with Crippen LogP contribution in [0, 0.1) is 0 Å². The quantitative estimate of drug-likeness (QED) is 0.243. The van der Waals surface area contributed by atoms with E-state index in [1.54, 1.807) is 0 Å².